The predicted octanol–water partition coefficient (Wildman–Crippen LogP) is -0.949. The summed E-state index contributed by atoms with van der Waals surface area (Å²) in [5.41, 5.74) is 5.66. The summed E-state index contributed by atoms with van der Waals surface area (Å²) in [5.74, 6) is -4.85. The fourth-order valence-corrected chi connectivity index (χ4v) is 2.39. The van der Waals surface area contributed by atoms with Crippen molar-refractivity contribution in [3.8, 4) is 0 Å². The van der Waals surface area contributed by atoms with E-state index in [0.29, 0.717) is 6.42 Å². The molecule has 4 atom stereocenters. The summed E-state index contributed by atoms with van der Waals surface area (Å²) in [5, 5.41) is 25.0. The number of nitrogens with two attached hydrogens (primary N) is 1. The molecule has 0 aromatic heterocycles. The van der Waals surface area contributed by atoms with Gasteiger partial charge >= 0.3 is 11.9 Å². The summed E-state index contributed by atoms with van der Waals surface area (Å²) in [6.07, 6.45) is 0.184. The van der Waals surface area contributed by atoms with E-state index >= 15 is 0 Å². The Morgan fingerprint density at radius 2 is 1.52 bits per heavy atom. The van der Waals surface area contributed by atoms with Crippen LogP contribution in [0.2, 0.25) is 0 Å². The van der Waals surface area contributed by atoms with E-state index in [-0.39, 0.29) is 24.7 Å². The largest absolute Gasteiger partial charge is 0.481 e. The zero-order chi connectivity index (χ0) is 22.7. The number of hydrogen-bond acceptors (Lipinski definition) is 6. The van der Waals surface area contributed by atoms with Crippen molar-refractivity contribution in [3.63, 3.8) is 0 Å². The van der Waals surface area contributed by atoms with Gasteiger partial charge in [-0.15, -0.1) is 0 Å². The quantitative estimate of drug-likeness (QED) is 0.221. The maximum Gasteiger partial charge on any atom is 0.326 e. The molecule has 3 amide bonds. The number of carbonyl (C=O) groups is 5. The smallest absolute Gasteiger partial charge is 0.326 e. The van der Waals surface area contributed by atoms with E-state index in [9.17, 15) is 24.0 Å². The molecule has 0 heterocycles. The monoisotopic (exact) mass is 416 g/mol. The van der Waals surface area contributed by atoms with Gasteiger partial charge < -0.3 is 31.9 Å². The molecule has 11 heteroatoms. The number of nitrogens with one attached hydrogen (secondary N) is 3. The zero-order valence-electron chi connectivity index (χ0n) is 17.2. The number of amides is 3. The Hall–Kier alpha value is -2.69. The number of aliphatic carboxylic acids is 2. The van der Waals surface area contributed by atoms with Gasteiger partial charge in [-0.1, -0.05) is 34.1 Å². The summed E-state index contributed by atoms with van der Waals surface area (Å²) in [6.45, 7) is 6.36. The average Bonchev–Trinajstić information content (AvgIpc) is 2.64. The molecule has 0 saturated carbocycles. The van der Waals surface area contributed by atoms with Crippen molar-refractivity contribution in [2.45, 2.75) is 65.1 Å². The Morgan fingerprint density at radius 1 is 0.931 bits per heavy atom. The molecule has 0 aromatic rings. The van der Waals surface area contributed by atoms with Crippen LogP contribution in [0.15, 0.2) is 0 Å². The molecule has 0 rings (SSSR count). The van der Waals surface area contributed by atoms with Crippen molar-refractivity contribution >= 4 is 29.7 Å². The van der Waals surface area contributed by atoms with Crippen molar-refractivity contribution < 1.29 is 34.2 Å². The van der Waals surface area contributed by atoms with E-state index in [4.69, 9.17) is 15.9 Å². The molecule has 0 aliphatic carbocycles. The van der Waals surface area contributed by atoms with Crippen LogP contribution >= 0.6 is 0 Å². The van der Waals surface area contributed by atoms with E-state index < -0.39 is 54.3 Å². The van der Waals surface area contributed by atoms with Crippen molar-refractivity contribution in [1.82, 2.24) is 16.0 Å². The van der Waals surface area contributed by atoms with Crippen LogP contribution in [0.25, 0.3) is 0 Å². The lowest BCUT2D eigenvalue weighted by molar-refractivity contribution is -0.143. The third-order valence-corrected chi connectivity index (χ3v) is 4.47. The highest BCUT2D eigenvalue weighted by Gasteiger charge is 2.29. The van der Waals surface area contributed by atoms with Crippen molar-refractivity contribution in [3.05, 3.63) is 0 Å². The maximum absolute atomic E-state index is 12.5. The summed E-state index contributed by atoms with van der Waals surface area (Å²) in [6, 6.07) is -3.15. The second-order valence-corrected chi connectivity index (χ2v) is 7.26. The van der Waals surface area contributed by atoms with Gasteiger partial charge in [0.2, 0.25) is 17.7 Å². The van der Waals surface area contributed by atoms with E-state index in [1.54, 1.807) is 20.8 Å². The highest BCUT2D eigenvalue weighted by Crippen LogP contribution is 2.09. The minimum atomic E-state index is -1.18. The SMILES string of the molecule is CCC(C)C(NC(=O)C(N)CCC(=O)O)C(=O)NCC(=O)NC(C(=O)O)C(C)C. The summed E-state index contributed by atoms with van der Waals surface area (Å²) < 4.78 is 0. The van der Waals surface area contributed by atoms with E-state index in [1.807, 2.05) is 6.92 Å². The van der Waals surface area contributed by atoms with Crippen LogP contribution in [0.4, 0.5) is 0 Å². The van der Waals surface area contributed by atoms with Gasteiger partial charge in [-0.2, -0.15) is 0 Å². The number of carbonyl (C=O) groups excluding carboxylic acids is 3. The molecule has 0 aliphatic heterocycles. The third-order valence-electron chi connectivity index (χ3n) is 4.47. The standard InChI is InChI=1S/C18H32N4O7/c1-5-10(4)15(22-16(26)11(19)6-7-13(24)25)17(27)20-8-12(23)21-14(9(2)3)18(28)29/h9-11,14-15H,5-8,19H2,1-4H3,(H,20,27)(H,21,23)(H,22,26)(H,24,25)(H,28,29). The lowest BCUT2D eigenvalue weighted by atomic mass is 9.97. The van der Waals surface area contributed by atoms with Gasteiger partial charge in [-0.25, -0.2) is 4.79 Å². The topological polar surface area (TPSA) is 188 Å². The van der Waals surface area contributed by atoms with E-state index in [0.717, 1.165) is 0 Å². The summed E-state index contributed by atoms with van der Waals surface area (Å²) in [4.78, 5) is 58.3. The molecule has 0 spiro atoms. The number of carboxylic acids is 2. The predicted molar refractivity (Wildman–Crippen MR) is 104 cm³/mol. The van der Waals surface area contributed by atoms with Gasteiger partial charge in [0.25, 0.3) is 0 Å². The molecular formula is C18H32N4O7. The van der Waals surface area contributed by atoms with Gasteiger partial charge in [-0.3, -0.25) is 19.2 Å². The highest BCUT2D eigenvalue weighted by atomic mass is 16.4. The normalized spacial score (nSPS) is 15.0. The third kappa shape index (κ3) is 9.88. The molecular weight excluding hydrogens is 384 g/mol. The van der Waals surface area contributed by atoms with Crippen LogP contribution < -0.4 is 21.7 Å². The fourth-order valence-electron chi connectivity index (χ4n) is 2.39. The highest BCUT2D eigenvalue weighted by molar-refractivity contribution is 5.92. The van der Waals surface area contributed by atoms with Crippen LogP contribution in [0.3, 0.4) is 0 Å². The van der Waals surface area contributed by atoms with Gasteiger partial charge in [-0.05, 0) is 18.3 Å². The lowest BCUT2D eigenvalue weighted by Crippen LogP contribution is -2.55. The number of hydrogen-bond donors (Lipinski definition) is 6. The molecule has 4 unspecified atom stereocenters. The van der Waals surface area contributed by atoms with Crippen LogP contribution in [0.1, 0.15) is 47.0 Å². The van der Waals surface area contributed by atoms with Crippen molar-refractivity contribution in [2.75, 3.05) is 6.54 Å². The molecule has 0 radical (unpaired) electrons. The first kappa shape index (κ1) is 26.3. The fraction of sp³-hybridized carbons (Fsp3) is 0.722. The molecule has 29 heavy (non-hydrogen) atoms. The molecule has 0 saturated heterocycles. The molecule has 0 bridgehead atoms. The minimum Gasteiger partial charge on any atom is -0.481 e. The van der Waals surface area contributed by atoms with Gasteiger partial charge in [0, 0.05) is 6.42 Å². The van der Waals surface area contributed by atoms with Crippen molar-refractivity contribution in [2.24, 2.45) is 17.6 Å². The Bertz CT molecular complexity index is 609. The number of carboxylic acid groups (broad SMARTS) is 2. The Balaban J connectivity index is 4.88. The molecule has 0 aromatic carbocycles. The van der Waals surface area contributed by atoms with Crippen LogP contribution in [-0.2, 0) is 24.0 Å². The van der Waals surface area contributed by atoms with Gasteiger partial charge in [0.15, 0.2) is 0 Å². The first-order valence-electron chi connectivity index (χ1n) is 9.48. The van der Waals surface area contributed by atoms with Crippen molar-refractivity contribution in [1.29, 1.82) is 0 Å². The first-order chi connectivity index (χ1) is 13.4. The molecule has 11 nitrogen and oxygen atoms in total. The first-order valence-corrected chi connectivity index (χ1v) is 9.48. The minimum absolute atomic E-state index is 0.0792. The summed E-state index contributed by atoms with van der Waals surface area (Å²) in [7, 11) is 0. The average molecular weight is 416 g/mol. The molecule has 7 N–H and O–H groups in total. The number of rotatable bonds is 13. The Morgan fingerprint density at radius 3 is 1.97 bits per heavy atom. The van der Waals surface area contributed by atoms with Crippen LogP contribution in [0.5, 0.6) is 0 Å². The summed E-state index contributed by atoms with van der Waals surface area (Å²) >= 11 is 0. The van der Waals surface area contributed by atoms with E-state index in [2.05, 4.69) is 16.0 Å². The molecule has 166 valence electrons. The molecule has 0 aliphatic rings. The molecule has 0 fully saturated rings. The van der Waals surface area contributed by atoms with Crippen LogP contribution in [-0.4, -0.2) is 64.5 Å². The van der Waals surface area contributed by atoms with E-state index in [1.165, 1.54) is 0 Å². The second-order valence-electron chi connectivity index (χ2n) is 7.26. The van der Waals surface area contributed by atoms with Crippen LogP contribution in [0, 0.1) is 11.8 Å². The van der Waals surface area contributed by atoms with Gasteiger partial charge in [0.1, 0.15) is 12.1 Å². The Labute approximate surface area is 169 Å². The lowest BCUT2D eigenvalue weighted by Gasteiger charge is -2.25. The Kier molecular flexibility index (Phi) is 11.5. The maximum atomic E-state index is 12.5. The zero-order valence-corrected chi connectivity index (χ0v) is 17.2. The van der Waals surface area contributed by atoms with Gasteiger partial charge in [0.05, 0.1) is 12.6 Å². The second kappa shape index (κ2) is 12.7.